The third-order valence-electron chi connectivity index (χ3n) is 2.76. The maximum atomic E-state index is 11.6. The molecule has 1 N–H and O–H groups in total. The number of carbonyl (C=O) groups is 1. The van der Waals surface area contributed by atoms with Crippen LogP contribution in [0.2, 0.25) is 5.02 Å². The Labute approximate surface area is 139 Å². The smallest absolute Gasteiger partial charge is 0.312 e. The van der Waals surface area contributed by atoms with Gasteiger partial charge in [-0.25, -0.2) is 0 Å². The lowest BCUT2D eigenvalue weighted by Crippen LogP contribution is -2.17. The van der Waals surface area contributed by atoms with Crippen LogP contribution in [0.3, 0.4) is 0 Å². The van der Waals surface area contributed by atoms with Gasteiger partial charge in [0, 0.05) is 23.2 Å². The second-order valence-electron chi connectivity index (χ2n) is 4.20. The van der Waals surface area contributed by atoms with Crippen LogP contribution in [0.5, 0.6) is 11.5 Å². The van der Waals surface area contributed by atoms with Crippen LogP contribution in [0.15, 0.2) is 40.9 Å². The topological polar surface area (TPSA) is 81.5 Å². The Hall–Kier alpha value is -2.12. The van der Waals surface area contributed by atoms with Gasteiger partial charge in [0.05, 0.1) is 9.95 Å². The maximum Gasteiger partial charge on any atom is 0.312 e. The van der Waals surface area contributed by atoms with E-state index in [1.807, 2.05) is 0 Å². The molecule has 0 spiro atoms. The summed E-state index contributed by atoms with van der Waals surface area (Å²) in [6, 6.07) is 8.87. The van der Waals surface area contributed by atoms with E-state index >= 15 is 0 Å². The zero-order valence-corrected chi connectivity index (χ0v) is 13.6. The molecule has 0 unspecified atom stereocenters. The van der Waals surface area contributed by atoms with Gasteiger partial charge < -0.3 is 10.1 Å². The lowest BCUT2D eigenvalue weighted by atomic mass is 10.1. The standard InChI is InChI=1S/C14H10BrClN2O4/c1-17-14(19)8-2-5-12(11(6-8)18(20)21)22-13-7-9(15)3-4-10(13)16/h2-7H,1H3,(H,17,19). The summed E-state index contributed by atoms with van der Waals surface area (Å²) in [6.45, 7) is 0. The fourth-order valence-corrected chi connectivity index (χ4v) is 2.20. The number of nitro benzene ring substituents is 1. The monoisotopic (exact) mass is 384 g/mol. The number of nitro groups is 1. The van der Waals surface area contributed by atoms with Gasteiger partial charge in [0.2, 0.25) is 5.75 Å². The molecule has 0 aliphatic carbocycles. The molecule has 0 saturated heterocycles. The molecule has 22 heavy (non-hydrogen) atoms. The third kappa shape index (κ3) is 3.55. The van der Waals surface area contributed by atoms with Gasteiger partial charge in [0.15, 0.2) is 0 Å². The summed E-state index contributed by atoms with van der Waals surface area (Å²) in [4.78, 5) is 22.1. The Morgan fingerprint density at radius 3 is 2.64 bits per heavy atom. The fraction of sp³-hybridized carbons (Fsp3) is 0.0714. The number of carbonyl (C=O) groups excluding carboxylic acids is 1. The Bertz CT molecular complexity index is 752. The second-order valence-corrected chi connectivity index (χ2v) is 5.52. The van der Waals surface area contributed by atoms with E-state index in [0.29, 0.717) is 5.02 Å². The van der Waals surface area contributed by atoms with Gasteiger partial charge in [-0.1, -0.05) is 27.5 Å². The van der Waals surface area contributed by atoms with Crippen molar-refractivity contribution in [1.82, 2.24) is 5.32 Å². The average molecular weight is 386 g/mol. The highest BCUT2D eigenvalue weighted by atomic mass is 79.9. The Morgan fingerprint density at radius 1 is 1.27 bits per heavy atom. The lowest BCUT2D eigenvalue weighted by molar-refractivity contribution is -0.385. The summed E-state index contributed by atoms with van der Waals surface area (Å²) in [5, 5.41) is 13.9. The van der Waals surface area contributed by atoms with Gasteiger partial charge in [0.25, 0.3) is 5.91 Å². The van der Waals surface area contributed by atoms with E-state index in [1.54, 1.807) is 18.2 Å². The summed E-state index contributed by atoms with van der Waals surface area (Å²) < 4.78 is 6.23. The van der Waals surface area contributed by atoms with E-state index in [9.17, 15) is 14.9 Å². The largest absolute Gasteiger partial charge is 0.449 e. The highest BCUT2D eigenvalue weighted by molar-refractivity contribution is 9.10. The molecule has 6 nitrogen and oxygen atoms in total. The average Bonchev–Trinajstić information content (AvgIpc) is 2.50. The number of hydrogen-bond donors (Lipinski definition) is 1. The Balaban J connectivity index is 2.44. The summed E-state index contributed by atoms with van der Waals surface area (Å²) in [6.07, 6.45) is 0. The molecular formula is C14H10BrClN2O4. The molecule has 0 bridgehead atoms. The number of hydrogen-bond acceptors (Lipinski definition) is 4. The fourth-order valence-electron chi connectivity index (χ4n) is 1.71. The molecule has 2 aromatic carbocycles. The first-order chi connectivity index (χ1) is 10.4. The third-order valence-corrected chi connectivity index (χ3v) is 3.56. The number of benzene rings is 2. The zero-order chi connectivity index (χ0) is 16.3. The minimum atomic E-state index is -0.617. The number of rotatable bonds is 4. The summed E-state index contributed by atoms with van der Waals surface area (Å²) in [5.74, 6) is -0.153. The van der Waals surface area contributed by atoms with Gasteiger partial charge in [-0.05, 0) is 30.3 Å². The van der Waals surface area contributed by atoms with Gasteiger partial charge >= 0.3 is 5.69 Å². The van der Waals surface area contributed by atoms with Crippen LogP contribution in [-0.4, -0.2) is 17.9 Å². The van der Waals surface area contributed by atoms with E-state index in [-0.39, 0.29) is 22.7 Å². The molecule has 114 valence electrons. The minimum absolute atomic E-state index is 0.00217. The quantitative estimate of drug-likeness (QED) is 0.633. The molecule has 0 heterocycles. The molecule has 2 rings (SSSR count). The van der Waals surface area contributed by atoms with Crippen LogP contribution in [0, 0.1) is 10.1 Å². The van der Waals surface area contributed by atoms with Crippen LogP contribution >= 0.6 is 27.5 Å². The van der Waals surface area contributed by atoms with Crippen molar-refractivity contribution in [3.63, 3.8) is 0 Å². The molecule has 1 amide bonds. The molecule has 0 saturated carbocycles. The van der Waals surface area contributed by atoms with Crippen LogP contribution in [0.4, 0.5) is 5.69 Å². The molecule has 0 fully saturated rings. The number of amides is 1. The molecular weight excluding hydrogens is 376 g/mol. The van der Waals surface area contributed by atoms with E-state index in [1.165, 1.54) is 19.2 Å². The van der Waals surface area contributed by atoms with E-state index in [2.05, 4.69) is 21.2 Å². The Kier molecular flexibility index (Phi) is 4.99. The molecule has 0 aromatic heterocycles. The van der Waals surface area contributed by atoms with E-state index in [0.717, 1.165) is 10.5 Å². The van der Waals surface area contributed by atoms with Crippen LogP contribution in [-0.2, 0) is 0 Å². The van der Waals surface area contributed by atoms with Crippen molar-refractivity contribution >= 4 is 39.1 Å². The van der Waals surface area contributed by atoms with Gasteiger partial charge in [-0.3, -0.25) is 14.9 Å². The number of ether oxygens (including phenoxy) is 1. The molecule has 8 heteroatoms. The van der Waals surface area contributed by atoms with Crippen LogP contribution in [0.1, 0.15) is 10.4 Å². The Morgan fingerprint density at radius 2 is 2.00 bits per heavy atom. The molecule has 0 aliphatic rings. The number of halogens is 2. The van der Waals surface area contributed by atoms with Crippen molar-refractivity contribution in [1.29, 1.82) is 0 Å². The van der Waals surface area contributed by atoms with Crippen molar-refractivity contribution in [2.45, 2.75) is 0 Å². The van der Waals surface area contributed by atoms with Gasteiger partial charge in [0.1, 0.15) is 5.75 Å². The summed E-state index contributed by atoms with van der Waals surface area (Å²) in [7, 11) is 1.44. The van der Waals surface area contributed by atoms with E-state index < -0.39 is 10.8 Å². The minimum Gasteiger partial charge on any atom is -0.449 e. The van der Waals surface area contributed by atoms with E-state index in [4.69, 9.17) is 16.3 Å². The first-order valence-electron chi connectivity index (χ1n) is 6.06. The van der Waals surface area contributed by atoms with Crippen molar-refractivity contribution < 1.29 is 14.5 Å². The van der Waals surface area contributed by atoms with Crippen LogP contribution < -0.4 is 10.1 Å². The lowest BCUT2D eigenvalue weighted by Gasteiger charge is -2.09. The number of nitrogens with one attached hydrogen (secondary N) is 1. The summed E-state index contributed by atoms with van der Waals surface area (Å²) >= 11 is 9.27. The van der Waals surface area contributed by atoms with Gasteiger partial charge in [-0.15, -0.1) is 0 Å². The predicted octanol–water partition coefficient (Wildman–Crippen LogP) is 4.16. The highest BCUT2D eigenvalue weighted by Crippen LogP contribution is 2.36. The maximum absolute atomic E-state index is 11.6. The van der Waals surface area contributed by atoms with Crippen LogP contribution in [0.25, 0.3) is 0 Å². The van der Waals surface area contributed by atoms with Crippen molar-refractivity contribution in [2.75, 3.05) is 7.05 Å². The number of nitrogens with zero attached hydrogens (tertiary/aromatic N) is 1. The first-order valence-corrected chi connectivity index (χ1v) is 7.23. The second kappa shape index (κ2) is 6.76. The normalized spacial score (nSPS) is 10.1. The predicted molar refractivity (Wildman–Crippen MR) is 85.7 cm³/mol. The van der Waals surface area contributed by atoms with Gasteiger partial charge in [-0.2, -0.15) is 0 Å². The zero-order valence-electron chi connectivity index (χ0n) is 11.3. The molecule has 0 radical (unpaired) electrons. The first kappa shape index (κ1) is 16.3. The summed E-state index contributed by atoms with van der Waals surface area (Å²) in [5.41, 5.74) is -0.154. The van der Waals surface area contributed by atoms with Crippen molar-refractivity contribution in [3.8, 4) is 11.5 Å². The molecule has 2 aromatic rings. The van der Waals surface area contributed by atoms with Crippen molar-refractivity contribution in [3.05, 3.63) is 61.6 Å². The SMILES string of the molecule is CNC(=O)c1ccc(Oc2cc(Br)ccc2Cl)c([N+](=O)[O-])c1. The van der Waals surface area contributed by atoms with Crippen molar-refractivity contribution in [2.24, 2.45) is 0 Å². The highest BCUT2D eigenvalue weighted by Gasteiger charge is 2.20. The molecule has 0 atom stereocenters. The molecule has 0 aliphatic heterocycles.